The Labute approximate surface area is 187 Å². The molecule has 2 heterocycles. The number of benzene rings is 2. The first-order valence-electron chi connectivity index (χ1n) is 11.2. The minimum absolute atomic E-state index is 0.00484. The first-order valence-corrected chi connectivity index (χ1v) is 11.2. The number of carbonyl (C=O) groups is 1. The maximum Gasteiger partial charge on any atom is 0.226 e. The van der Waals surface area contributed by atoms with E-state index in [1.807, 2.05) is 32.0 Å². The summed E-state index contributed by atoms with van der Waals surface area (Å²) in [6.45, 7) is 6.63. The summed E-state index contributed by atoms with van der Waals surface area (Å²) in [7, 11) is 0. The molecule has 0 saturated carbocycles. The van der Waals surface area contributed by atoms with Crippen molar-refractivity contribution in [1.29, 1.82) is 0 Å². The number of piperidine rings is 1. The summed E-state index contributed by atoms with van der Waals surface area (Å²) >= 11 is 0. The summed E-state index contributed by atoms with van der Waals surface area (Å²) in [6.07, 6.45) is 2.23. The number of nitrogens with one attached hydrogen (secondary N) is 1. The molecule has 4 rings (SSSR count). The zero-order valence-electron chi connectivity index (χ0n) is 18.6. The maximum absolute atomic E-state index is 13.0. The highest BCUT2D eigenvalue weighted by atomic mass is 19.1. The average molecular weight is 437 g/mol. The van der Waals surface area contributed by atoms with E-state index in [0.717, 1.165) is 53.8 Å². The molecule has 2 aromatic carbocycles. The van der Waals surface area contributed by atoms with Crippen molar-refractivity contribution in [1.82, 2.24) is 15.3 Å². The third-order valence-electron chi connectivity index (χ3n) is 5.93. The molecular weight excluding hydrogens is 407 g/mol. The van der Waals surface area contributed by atoms with Crippen LogP contribution in [0.3, 0.4) is 0 Å². The molecule has 168 valence electrons. The summed E-state index contributed by atoms with van der Waals surface area (Å²) in [5.41, 5.74) is 2.84. The van der Waals surface area contributed by atoms with Gasteiger partial charge in [-0.3, -0.25) is 4.79 Å². The topological polar surface area (TPSA) is 67.3 Å². The lowest BCUT2D eigenvalue weighted by atomic mass is 9.96. The summed E-state index contributed by atoms with van der Waals surface area (Å²) in [4.78, 5) is 24.2. The second-order valence-electron chi connectivity index (χ2n) is 8.15. The van der Waals surface area contributed by atoms with E-state index >= 15 is 0 Å². The molecule has 1 aliphatic heterocycles. The number of aryl methyl sites for hydroxylation is 1. The second kappa shape index (κ2) is 9.94. The standard InChI is InChI=1S/C25H29FN4O2/c1-3-32-21-8-9-23-22(16-21)17(2)28-25(29-23)30-14-11-19(12-15-30)24(31)27-13-10-18-4-6-20(26)7-5-18/h4-9,16,19H,3,10-15H2,1-2H3,(H,27,31). The van der Waals surface area contributed by atoms with Gasteiger partial charge in [0.15, 0.2) is 0 Å². The third kappa shape index (κ3) is 5.15. The van der Waals surface area contributed by atoms with Crippen molar-refractivity contribution in [2.24, 2.45) is 5.92 Å². The molecule has 1 amide bonds. The Hall–Kier alpha value is -3.22. The summed E-state index contributed by atoms with van der Waals surface area (Å²) in [5.74, 6) is 1.38. The normalized spacial score (nSPS) is 14.5. The average Bonchev–Trinajstić information content (AvgIpc) is 2.81. The Morgan fingerprint density at radius 2 is 1.91 bits per heavy atom. The lowest BCUT2D eigenvalue weighted by Gasteiger charge is -2.31. The zero-order chi connectivity index (χ0) is 22.5. The van der Waals surface area contributed by atoms with Gasteiger partial charge in [-0.2, -0.15) is 0 Å². The van der Waals surface area contributed by atoms with E-state index in [0.29, 0.717) is 25.5 Å². The van der Waals surface area contributed by atoms with Gasteiger partial charge >= 0.3 is 0 Å². The molecule has 1 aromatic heterocycles. The van der Waals surface area contributed by atoms with Crippen molar-refractivity contribution in [3.63, 3.8) is 0 Å². The highest BCUT2D eigenvalue weighted by Gasteiger charge is 2.26. The molecule has 3 aromatic rings. The predicted octanol–water partition coefficient (Wildman–Crippen LogP) is 4.05. The van der Waals surface area contributed by atoms with Crippen LogP contribution in [0.25, 0.3) is 10.9 Å². The molecule has 0 spiro atoms. The fraction of sp³-hybridized carbons (Fsp3) is 0.400. The van der Waals surface area contributed by atoms with Crippen LogP contribution in [0.1, 0.15) is 31.0 Å². The molecule has 0 unspecified atom stereocenters. The Balaban J connectivity index is 1.31. The number of amides is 1. The van der Waals surface area contributed by atoms with Gasteiger partial charge in [0.25, 0.3) is 0 Å². The number of ether oxygens (including phenoxy) is 1. The fourth-order valence-electron chi connectivity index (χ4n) is 4.11. The molecule has 0 aliphatic carbocycles. The van der Waals surface area contributed by atoms with Gasteiger partial charge in [-0.25, -0.2) is 14.4 Å². The number of halogens is 1. The van der Waals surface area contributed by atoms with Crippen LogP contribution >= 0.6 is 0 Å². The number of fused-ring (bicyclic) bond motifs is 1. The van der Waals surface area contributed by atoms with Gasteiger partial charge < -0.3 is 15.0 Å². The molecule has 7 heteroatoms. The van der Waals surface area contributed by atoms with Crippen LogP contribution in [-0.4, -0.2) is 42.1 Å². The van der Waals surface area contributed by atoms with Crippen molar-refractivity contribution in [2.45, 2.75) is 33.1 Å². The van der Waals surface area contributed by atoms with Crippen LogP contribution in [-0.2, 0) is 11.2 Å². The smallest absolute Gasteiger partial charge is 0.226 e. The van der Waals surface area contributed by atoms with Crippen molar-refractivity contribution in [2.75, 3.05) is 31.1 Å². The largest absolute Gasteiger partial charge is 0.494 e. The molecular formula is C25H29FN4O2. The lowest BCUT2D eigenvalue weighted by molar-refractivity contribution is -0.125. The van der Waals surface area contributed by atoms with Gasteiger partial charge in [-0.1, -0.05) is 12.1 Å². The Morgan fingerprint density at radius 3 is 2.62 bits per heavy atom. The van der Waals surface area contributed by atoms with Crippen molar-refractivity contribution in [3.8, 4) is 5.75 Å². The van der Waals surface area contributed by atoms with Crippen LogP contribution in [0.5, 0.6) is 5.75 Å². The van der Waals surface area contributed by atoms with Gasteiger partial charge in [-0.05, 0) is 69.0 Å². The van der Waals surface area contributed by atoms with Gasteiger partial charge in [-0.15, -0.1) is 0 Å². The Morgan fingerprint density at radius 1 is 1.16 bits per heavy atom. The van der Waals surface area contributed by atoms with E-state index in [-0.39, 0.29) is 17.6 Å². The van der Waals surface area contributed by atoms with Crippen molar-refractivity contribution < 1.29 is 13.9 Å². The molecule has 1 aliphatic rings. The first-order chi connectivity index (χ1) is 15.5. The SMILES string of the molecule is CCOc1ccc2nc(N3CCC(C(=O)NCCc4ccc(F)cc4)CC3)nc(C)c2c1. The zero-order valence-corrected chi connectivity index (χ0v) is 18.6. The summed E-state index contributed by atoms with van der Waals surface area (Å²) in [6, 6.07) is 12.3. The van der Waals surface area contributed by atoms with Gasteiger partial charge in [0.1, 0.15) is 11.6 Å². The molecule has 1 N–H and O–H groups in total. The molecule has 0 radical (unpaired) electrons. The third-order valence-corrected chi connectivity index (χ3v) is 5.93. The van der Waals surface area contributed by atoms with E-state index < -0.39 is 0 Å². The van der Waals surface area contributed by atoms with Crippen molar-refractivity contribution >= 4 is 22.8 Å². The molecule has 6 nitrogen and oxygen atoms in total. The Kier molecular flexibility index (Phi) is 6.83. The number of carbonyl (C=O) groups excluding carboxylic acids is 1. The van der Waals surface area contributed by atoms with Crippen LogP contribution in [0, 0.1) is 18.7 Å². The molecule has 0 bridgehead atoms. The van der Waals surface area contributed by atoms with Crippen molar-refractivity contribution in [3.05, 3.63) is 59.5 Å². The van der Waals surface area contributed by atoms with Crippen LogP contribution in [0.4, 0.5) is 10.3 Å². The van der Waals surface area contributed by atoms with Gasteiger partial charge in [0.2, 0.25) is 11.9 Å². The Bertz CT molecular complexity index is 1080. The van der Waals surface area contributed by atoms with E-state index in [2.05, 4.69) is 10.2 Å². The molecule has 1 fully saturated rings. The summed E-state index contributed by atoms with van der Waals surface area (Å²) in [5, 5.41) is 4.02. The number of anilines is 1. The predicted molar refractivity (Wildman–Crippen MR) is 123 cm³/mol. The first kappa shape index (κ1) is 22.0. The van der Waals surface area contributed by atoms with E-state index in [9.17, 15) is 9.18 Å². The number of hydrogen-bond acceptors (Lipinski definition) is 5. The monoisotopic (exact) mass is 436 g/mol. The highest BCUT2D eigenvalue weighted by molar-refractivity contribution is 5.83. The molecule has 1 saturated heterocycles. The fourth-order valence-corrected chi connectivity index (χ4v) is 4.11. The van der Waals surface area contributed by atoms with Crippen LogP contribution in [0.15, 0.2) is 42.5 Å². The van der Waals surface area contributed by atoms with Crippen LogP contribution in [0.2, 0.25) is 0 Å². The van der Waals surface area contributed by atoms with Gasteiger partial charge in [0.05, 0.1) is 17.8 Å². The van der Waals surface area contributed by atoms with E-state index in [1.165, 1.54) is 12.1 Å². The number of nitrogens with zero attached hydrogens (tertiary/aromatic N) is 3. The minimum atomic E-state index is -0.245. The highest BCUT2D eigenvalue weighted by Crippen LogP contribution is 2.26. The van der Waals surface area contributed by atoms with Gasteiger partial charge in [0, 0.05) is 30.9 Å². The number of hydrogen-bond donors (Lipinski definition) is 1. The maximum atomic E-state index is 13.0. The van der Waals surface area contributed by atoms with E-state index in [4.69, 9.17) is 14.7 Å². The number of aromatic nitrogens is 2. The van der Waals surface area contributed by atoms with E-state index in [1.54, 1.807) is 12.1 Å². The number of rotatable bonds is 7. The minimum Gasteiger partial charge on any atom is -0.494 e. The second-order valence-corrected chi connectivity index (χ2v) is 8.15. The molecule has 0 atom stereocenters. The van der Waals surface area contributed by atoms with Crippen LogP contribution < -0.4 is 15.0 Å². The quantitative estimate of drug-likeness (QED) is 0.605. The summed E-state index contributed by atoms with van der Waals surface area (Å²) < 4.78 is 18.6. The molecule has 32 heavy (non-hydrogen) atoms. The lowest BCUT2D eigenvalue weighted by Crippen LogP contribution is -2.41.